The molecule has 2 aromatic rings. The van der Waals surface area contributed by atoms with E-state index in [0.717, 1.165) is 38.0 Å². The Labute approximate surface area is 188 Å². The van der Waals surface area contributed by atoms with Gasteiger partial charge in [0.25, 0.3) is 11.8 Å². The number of carbonyl (C=O) groups excluding carboxylic acids is 3. The number of piperidine rings is 1. The minimum Gasteiger partial charge on any atom is -0.378 e. The predicted molar refractivity (Wildman–Crippen MR) is 126 cm³/mol. The van der Waals surface area contributed by atoms with Crippen molar-refractivity contribution in [2.24, 2.45) is 0 Å². The first-order valence-corrected chi connectivity index (χ1v) is 10.9. The fourth-order valence-electron chi connectivity index (χ4n) is 4.25. The molecule has 2 aliphatic heterocycles. The van der Waals surface area contributed by atoms with Gasteiger partial charge in [0.1, 0.15) is 5.70 Å². The highest BCUT2D eigenvalue weighted by molar-refractivity contribution is 6.45. The number of hydrogen-bond donors (Lipinski definition) is 1. The summed E-state index contributed by atoms with van der Waals surface area (Å²) in [6.07, 6.45) is 3.12. The molecule has 1 saturated heterocycles. The SMILES string of the molecule is CC(=O)Nc1ccc(C2=C(N3CCCCC3)C(=O)N(c3ccc(N(C)C)cc3)C2=O)cc1. The number of nitrogens with one attached hydrogen (secondary N) is 1. The standard InChI is InChI=1S/C25H28N4O3/c1-17(30)26-19-9-7-18(8-10-19)22-23(28-15-5-4-6-16-28)25(32)29(24(22)31)21-13-11-20(12-14-21)27(2)3/h7-14H,4-6,15-16H2,1-3H3,(H,26,30). The van der Waals surface area contributed by atoms with Crippen LogP contribution in [0.15, 0.2) is 54.2 Å². The highest BCUT2D eigenvalue weighted by Crippen LogP contribution is 2.36. The van der Waals surface area contributed by atoms with Crippen molar-refractivity contribution < 1.29 is 14.4 Å². The monoisotopic (exact) mass is 432 g/mol. The number of rotatable bonds is 5. The van der Waals surface area contributed by atoms with Crippen molar-refractivity contribution in [1.29, 1.82) is 0 Å². The average Bonchev–Trinajstić information content (AvgIpc) is 3.04. The van der Waals surface area contributed by atoms with Crippen molar-refractivity contribution in [3.63, 3.8) is 0 Å². The number of anilines is 3. The topological polar surface area (TPSA) is 73.0 Å². The molecule has 2 aromatic carbocycles. The molecule has 166 valence electrons. The van der Waals surface area contributed by atoms with E-state index in [9.17, 15) is 14.4 Å². The van der Waals surface area contributed by atoms with Gasteiger partial charge in [-0.1, -0.05) is 12.1 Å². The summed E-state index contributed by atoms with van der Waals surface area (Å²) in [5, 5.41) is 2.73. The van der Waals surface area contributed by atoms with Crippen LogP contribution in [0.2, 0.25) is 0 Å². The van der Waals surface area contributed by atoms with Crippen molar-refractivity contribution in [2.45, 2.75) is 26.2 Å². The molecule has 2 heterocycles. The van der Waals surface area contributed by atoms with Gasteiger partial charge < -0.3 is 15.1 Å². The lowest BCUT2D eigenvalue weighted by Crippen LogP contribution is -2.37. The fourth-order valence-corrected chi connectivity index (χ4v) is 4.25. The molecule has 4 rings (SSSR count). The lowest BCUT2D eigenvalue weighted by atomic mass is 10.0. The first-order chi connectivity index (χ1) is 15.4. The van der Waals surface area contributed by atoms with E-state index in [1.807, 2.05) is 43.3 Å². The predicted octanol–water partition coefficient (Wildman–Crippen LogP) is 3.48. The van der Waals surface area contributed by atoms with E-state index >= 15 is 0 Å². The third-order valence-corrected chi connectivity index (χ3v) is 5.85. The van der Waals surface area contributed by atoms with Crippen LogP contribution in [0.1, 0.15) is 31.7 Å². The van der Waals surface area contributed by atoms with Gasteiger partial charge >= 0.3 is 0 Å². The third kappa shape index (κ3) is 4.10. The smallest absolute Gasteiger partial charge is 0.282 e. The molecule has 0 unspecified atom stereocenters. The van der Waals surface area contributed by atoms with E-state index < -0.39 is 0 Å². The van der Waals surface area contributed by atoms with E-state index in [1.54, 1.807) is 24.3 Å². The van der Waals surface area contributed by atoms with Gasteiger partial charge in [0.15, 0.2) is 0 Å². The molecule has 0 aliphatic carbocycles. The van der Waals surface area contributed by atoms with Gasteiger partial charge in [-0.15, -0.1) is 0 Å². The van der Waals surface area contributed by atoms with Gasteiger partial charge in [-0.05, 0) is 61.2 Å². The first-order valence-electron chi connectivity index (χ1n) is 10.9. The van der Waals surface area contributed by atoms with Crippen molar-refractivity contribution >= 4 is 40.4 Å². The molecular formula is C25H28N4O3. The lowest BCUT2D eigenvalue weighted by Gasteiger charge is -2.29. The zero-order valence-electron chi connectivity index (χ0n) is 18.7. The zero-order valence-corrected chi connectivity index (χ0v) is 18.7. The maximum absolute atomic E-state index is 13.6. The second kappa shape index (κ2) is 8.86. The molecule has 0 aromatic heterocycles. The van der Waals surface area contributed by atoms with Gasteiger partial charge in [0, 0.05) is 45.5 Å². The van der Waals surface area contributed by atoms with E-state index in [2.05, 4.69) is 10.2 Å². The summed E-state index contributed by atoms with van der Waals surface area (Å²) in [7, 11) is 3.89. The summed E-state index contributed by atoms with van der Waals surface area (Å²) in [6, 6.07) is 14.5. The number of imide groups is 1. The van der Waals surface area contributed by atoms with Crippen molar-refractivity contribution in [1.82, 2.24) is 4.90 Å². The van der Waals surface area contributed by atoms with Crippen LogP contribution in [0.4, 0.5) is 17.1 Å². The largest absolute Gasteiger partial charge is 0.378 e. The number of amides is 3. The van der Waals surface area contributed by atoms with Crippen LogP contribution in [-0.4, -0.2) is 49.8 Å². The van der Waals surface area contributed by atoms with Crippen molar-refractivity contribution in [2.75, 3.05) is 42.3 Å². The Kier molecular flexibility index (Phi) is 5.99. The fraction of sp³-hybridized carbons (Fsp3) is 0.320. The van der Waals surface area contributed by atoms with Crippen LogP contribution < -0.4 is 15.1 Å². The number of hydrogen-bond acceptors (Lipinski definition) is 5. The van der Waals surface area contributed by atoms with Gasteiger partial charge in [-0.3, -0.25) is 14.4 Å². The minimum atomic E-state index is -0.319. The van der Waals surface area contributed by atoms with E-state index in [1.165, 1.54) is 11.8 Å². The van der Waals surface area contributed by atoms with Crippen LogP contribution in [0.25, 0.3) is 5.57 Å². The summed E-state index contributed by atoms with van der Waals surface area (Å²) in [6.45, 7) is 2.97. The van der Waals surface area contributed by atoms with Crippen molar-refractivity contribution in [3.8, 4) is 0 Å². The molecule has 3 amide bonds. The van der Waals surface area contributed by atoms with E-state index in [0.29, 0.717) is 28.2 Å². The van der Waals surface area contributed by atoms with Crippen LogP contribution in [0.3, 0.4) is 0 Å². The zero-order chi connectivity index (χ0) is 22.8. The lowest BCUT2D eigenvalue weighted by molar-refractivity contribution is -0.121. The van der Waals surface area contributed by atoms with Crippen LogP contribution in [0, 0.1) is 0 Å². The molecule has 0 spiro atoms. The Morgan fingerprint density at radius 2 is 1.50 bits per heavy atom. The molecule has 0 bridgehead atoms. The Balaban J connectivity index is 1.74. The molecule has 2 aliphatic rings. The quantitative estimate of drug-likeness (QED) is 0.733. The second-order valence-corrected chi connectivity index (χ2v) is 8.39. The maximum Gasteiger partial charge on any atom is 0.282 e. The molecule has 0 saturated carbocycles. The highest BCUT2D eigenvalue weighted by Gasteiger charge is 2.42. The van der Waals surface area contributed by atoms with Gasteiger partial charge in [-0.2, -0.15) is 0 Å². The summed E-state index contributed by atoms with van der Waals surface area (Å²) in [5.74, 6) is -0.763. The highest BCUT2D eigenvalue weighted by atomic mass is 16.2. The molecule has 32 heavy (non-hydrogen) atoms. The molecule has 0 radical (unpaired) electrons. The Hall–Kier alpha value is -3.61. The molecule has 0 atom stereocenters. The molecule has 1 fully saturated rings. The summed E-state index contributed by atoms with van der Waals surface area (Å²) < 4.78 is 0. The average molecular weight is 433 g/mol. The van der Waals surface area contributed by atoms with Gasteiger partial charge in [-0.25, -0.2) is 4.90 Å². The summed E-state index contributed by atoms with van der Waals surface area (Å²) >= 11 is 0. The Morgan fingerprint density at radius 3 is 2.06 bits per heavy atom. The number of likely N-dealkylation sites (tertiary alicyclic amines) is 1. The van der Waals surface area contributed by atoms with E-state index in [-0.39, 0.29) is 17.7 Å². The van der Waals surface area contributed by atoms with Crippen LogP contribution in [-0.2, 0) is 14.4 Å². The molecule has 7 heteroatoms. The summed E-state index contributed by atoms with van der Waals surface area (Å²) in [4.78, 5) is 43.8. The Morgan fingerprint density at radius 1 is 0.875 bits per heavy atom. The first kappa shape index (κ1) is 21.6. The van der Waals surface area contributed by atoms with Crippen LogP contribution >= 0.6 is 0 Å². The Bertz CT molecular complexity index is 1070. The molecule has 1 N–H and O–H groups in total. The van der Waals surface area contributed by atoms with Gasteiger partial charge in [0.2, 0.25) is 5.91 Å². The minimum absolute atomic E-state index is 0.162. The molecular weight excluding hydrogens is 404 g/mol. The normalized spacial score (nSPS) is 16.6. The third-order valence-electron chi connectivity index (χ3n) is 5.85. The van der Waals surface area contributed by atoms with E-state index in [4.69, 9.17) is 0 Å². The summed E-state index contributed by atoms with van der Waals surface area (Å²) in [5.41, 5.74) is 3.76. The number of benzene rings is 2. The van der Waals surface area contributed by atoms with Crippen LogP contribution in [0.5, 0.6) is 0 Å². The second-order valence-electron chi connectivity index (χ2n) is 8.39. The maximum atomic E-state index is 13.6. The number of nitrogens with zero attached hydrogens (tertiary/aromatic N) is 3. The van der Waals surface area contributed by atoms with Crippen molar-refractivity contribution in [3.05, 3.63) is 59.8 Å². The number of carbonyl (C=O) groups is 3. The van der Waals surface area contributed by atoms with Gasteiger partial charge in [0.05, 0.1) is 11.3 Å². The molecule has 7 nitrogen and oxygen atoms in total.